The van der Waals surface area contributed by atoms with Crippen LogP contribution in [-0.2, 0) is 24.3 Å². The van der Waals surface area contributed by atoms with E-state index in [0.717, 1.165) is 47.8 Å². The summed E-state index contributed by atoms with van der Waals surface area (Å²) in [5, 5.41) is 14.3. The molecular weight excluding hydrogens is 384 g/mol. The smallest absolute Gasteiger partial charge is 0.170 e. The minimum Gasteiger partial charge on any atom is -0.360 e. The number of hydrogen-bond acceptors (Lipinski definition) is 5. The fraction of sp³-hybridized carbons (Fsp3) is 0.476. The summed E-state index contributed by atoms with van der Waals surface area (Å²) >= 11 is 1.66. The summed E-state index contributed by atoms with van der Waals surface area (Å²) in [5.41, 5.74) is 7.52. The summed E-state index contributed by atoms with van der Waals surface area (Å²) in [6.45, 7) is 12.4. The SMILES string of the molecule is CCc1ccc(-c2c(C#N)nn(COCC[Si](C)(C)C)c2CC)c2ncsc12. The van der Waals surface area contributed by atoms with Crippen LogP contribution in [0.25, 0.3) is 21.3 Å². The van der Waals surface area contributed by atoms with Crippen molar-refractivity contribution in [1.29, 1.82) is 5.26 Å². The Morgan fingerprint density at radius 3 is 2.64 bits per heavy atom. The Kier molecular flexibility index (Phi) is 6.33. The zero-order chi connectivity index (χ0) is 20.3. The average molecular weight is 413 g/mol. The van der Waals surface area contributed by atoms with Crippen molar-refractivity contribution < 1.29 is 4.74 Å². The highest BCUT2D eigenvalue weighted by molar-refractivity contribution is 7.17. The van der Waals surface area contributed by atoms with Gasteiger partial charge in [-0.3, -0.25) is 0 Å². The first kappa shape index (κ1) is 20.7. The molecule has 2 heterocycles. The quantitative estimate of drug-likeness (QED) is 0.363. The number of aromatic nitrogens is 3. The first-order chi connectivity index (χ1) is 13.4. The van der Waals surface area contributed by atoms with Gasteiger partial charge in [-0.05, 0) is 24.4 Å². The maximum atomic E-state index is 9.74. The van der Waals surface area contributed by atoms with Crippen molar-refractivity contribution in [2.75, 3.05) is 6.61 Å². The molecule has 5 nitrogen and oxygen atoms in total. The third kappa shape index (κ3) is 4.19. The Bertz CT molecular complexity index is 1010. The van der Waals surface area contributed by atoms with Crippen LogP contribution in [-0.4, -0.2) is 29.4 Å². The Morgan fingerprint density at radius 1 is 1.21 bits per heavy atom. The summed E-state index contributed by atoms with van der Waals surface area (Å²) in [4.78, 5) is 4.61. The maximum Gasteiger partial charge on any atom is 0.170 e. The molecule has 3 rings (SSSR count). The van der Waals surface area contributed by atoms with E-state index < -0.39 is 8.07 Å². The van der Waals surface area contributed by atoms with Crippen molar-refractivity contribution in [2.24, 2.45) is 0 Å². The minimum absolute atomic E-state index is 0.385. The van der Waals surface area contributed by atoms with Gasteiger partial charge in [0.15, 0.2) is 5.69 Å². The van der Waals surface area contributed by atoms with Gasteiger partial charge in [0.05, 0.1) is 21.4 Å². The lowest BCUT2D eigenvalue weighted by molar-refractivity contribution is 0.0766. The van der Waals surface area contributed by atoms with Gasteiger partial charge >= 0.3 is 0 Å². The zero-order valence-electron chi connectivity index (χ0n) is 17.4. The molecule has 3 aromatic rings. The summed E-state index contributed by atoms with van der Waals surface area (Å²) in [5.74, 6) is 0. The Balaban J connectivity index is 1.99. The van der Waals surface area contributed by atoms with E-state index in [2.05, 4.69) is 61.8 Å². The molecule has 0 saturated heterocycles. The Labute approximate surface area is 172 Å². The van der Waals surface area contributed by atoms with E-state index in [1.807, 2.05) is 10.2 Å². The topological polar surface area (TPSA) is 63.7 Å². The molecule has 0 unspecified atom stereocenters. The average Bonchev–Trinajstić information content (AvgIpc) is 3.28. The molecular formula is C21H28N4OSSi. The molecule has 148 valence electrons. The number of nitriles is 1. The predicted molar refractivity (Wildman–Crippen MR) is 118 cm³/mol. The van der Waals surface area contributed by atoms with E-state index in [9.17, 15) is 5.26 Å². The number of ether oxygens (including phenoxy) is 1. The second-order valence-electron chi connectivity index (χ2n) is 8.14. The van der Waals surface area contributed by atoms with E-state index in [1.165, 1.54) is 10.3 Å². The predicted octanol–water partition coefficient (Wildman–Crippen LogP) is 5.47. The van der Waals surface area contributed by atoms with Crippen molar-refractivity contribution in [3.05, 3.63) is 34.6 Å². The summed E-state index contributed by atoms with van der Waals surface area (Å²) < 4.78 is 8.96. The second-order valence-corrected chi connectivity index (χ2v) is 14.6. The van der Waals surface area contributed by atoms with Gasteiger partial charge in [-0.25, -0.2) is 9.67 Å². The number of hydrogen-bond donors (Lipinski definition) is 0. The van der Waals surface area contributed by atoms with Gasteiger partial charge in [0, 0.05) is 25.8 Å². The summed E-state index contributed by atoms with van der Waals surface area (Å²) in [6.07, 6.45) is 1.75. The van der Waals surface area contributed by atoms with E-state index in [1.54, 1.807) is 11.3 Å². The van der Waals surface area contributed by atoms with Crippen LogP contribution in [0.2, 0.25) is 25.7 Å². The molecule has 0 aliphatic carbocycles. The van der Waals surface area contributed by atoms with E-state index in [-0.39, 0.29) is 0 Å². The monoisotopic (exact) mass is 412 g/mol. The van der Waals surface area contributed by atoms with Gasteiger partial charge in [-0.15, -0.1) is 11.3 Å². The molecule has 7 heteroatoms. The van der Waals surface area contributed by atoms with Crippen LogP contribution in [0.1, 0.15) is 30.8 Å². The van der Waals surface area contributed by atoms with Crippen molar-refractivity contribution in [2.45, 2.75) is 59.1 Å². The molecule has 0 N–H and O–H groups in total. The molecule has 0 bridgehead atoms. The molecule has 28 heavy (non-hydrogen) atoms. The molecule has 1 aromatic carbocycles. The van der Waals surface area contributed by atoms with Crippen LogP contribution in [0.3, 0.4) is 0 Å². The molecule has 0 aliphatic rings. The van der Waals surface area contributed by atoms with Crippen molar-refractivity contribution in [3.8, 4) is 17.2 Å². The van der Waals surface area contributed by atoms with E-state index in [4.69, 9.17) is 4.74 Å². The van der Waals surface area contributed by atoms with Gasteiger partial charge in [0.25, 0.3) is 0 Å². The van der Waals surface area contributed by atoms with Crippen LogP contribution in [0.4, 0.5) is 0 Å². The Hall–Kier alpha value is -2.01. The van der Waals surface area contributed by atoms with E-state index in [0.29, 0.717) is 12.4 Å². The van der Waals surface area contributed by atoms with Gasteiger partial charge in [0.2, 0.25) is 0 Å². The van der Waals surface area contributed by atoms with Crippen LogP contribution >= 0.6 is 11.3 Å². The van der Waals surface area contributed by atoms with Crippen LogP contribution in [0.5, 0.6) is 0 Å². The fourth-order valence-corrected chi connectivity index (χ4v) is 5.00. The lowest BCUT2D eigenvalue weighted by Gasteiger charge is -2.16. The van der Waals surface area contributed by atoms with E-state index >= 15 is 0 Å². The Morgan fingerprint density at radius 2 is 2.00 bits per heavy atom. The van der Waals surface area contributed by atoms with Crippen LogP contribution < -0.4 is 0 Å². The first-order valence-electron chi connectivity index (χ1n) is 9.82. The molecule has 0 atom stereocenters. The molecule has 0 aliphatic heterocycles. The molecule has 0 amide bonds. The van der Waals surface area contributed by atoms with Gasteiger partial charge in [-0.2, -0.15) is 10.4 Å². The summed E-state index contributed by atoms with van der Waals surface area (Å²) in [7, 11) is -1.13. The van der Waals surface area contributed by atoms with Crippen molar-refractivity contribution >= 4 is 29.6 Å². The highest BCUT2D eigenvalue weighted by Gasteiger charge is 2.22. The first-order valence-corrected chi connectivity index (χ1v) is 14.4. The lowest BCUT2D eigenvalue weighted by atomic mass is 9.98. The largest absolute Gasteiger partial charge is 0.360 e. The number of benzene rings is 1. The standard InChI is InChI=1S/C21H28N4OSSi/c1-6-15-8-9-16(20-21(15)27-13-23-20)19-17(12-22)24-25(18(19)7-2)14-26-10-11-28(3,4)5/h8-9,13H,6-7,10-11,14H2,1-5H3. The lowest BCUT2D eigenvalue weighted by Crippen LogP contribution is -2.22. The minimum atomic E-state index is -1.13. The normalized spacial score (nSPS) is 11.9. The maximum absolute atomic E-state index is 9.74. The van der Waals surface area contributed by atoms with Crippen LogP contribution in [0, 0.1) is 11.3 Å². The van der Waals surface area contributed by atoms with Gasteiger partial charge < -0.3 is 4.74 Å². The number of aryl methyl sites for hydroxylation is 1. The highest BCUT2D eigenvalue weighted by Crippen LogP contribution is 2.36. The highest BCUT2D eigenvalue weighted by atomic mass is 32.1. The zero-order valence-corrected chi connectivity index (χ0v) is 19.2. The third-order valence-electron chi connectivity index (χ3n) is 4.92. The number of thiazole rings is 1. The fourth-order valence-electron chi connectivity index (χ4n) is 3.34. The van der Waals surface area contributed by atoms with Gasteiger partial charge in [0.1, 0.15) is 12.8 Å². The van der Waals surface area contributed by atoms with Crippen molar-refractivity contribution in [3.63, 3.8) is 0 Å². The van der Waals surface area contributed by atoms with Crippen LogP contribution in [0.15, 0.2) is 17.6 Å². The van der Waals surface area contributed by atoms with Gasteiger partial charge in [-0.1, -0.05) is 45.6 Å². The molecule has 0 spiro atoms. The number of nitrogens with zero attached hydrogens (tertiary/aromatic N) is 4. The molecule has 0 saturated carbocycles. The molecule has 0 fully saturated rings. The molecule has 2 aromatic heterocycles. The molecule has 0 radical (unpaired) electrons. The number of rotatable bonds is 8. The number of fused-ring (bicyclic) bond motifs is 1. The van der Waals surface area contributed by atoms with Crippen molar-refractivity contribution in [1.82, 2.24) is 14.8 Å². The summed E-state index contributed by atoms with van der Waals surface area (Å²) in [6, 6.07) is 7.64. The third-order valence-corrected chi connectivity index (χ3v) is 7.53. The second kappa shape index (κ2) is 8.56.